The Labute approximate surface area is 112 Å². The van der Waals surface area contributed by atoms with E-state index in [1.165, 1.54) is 0 Å². The number of amides is 1. The van der Waals surface area contributed by atoms with Gasteiger partial charge in [0.15, 0.2) is 0 Å². The summed E-state index contributed by atoms with van der Waals surface area (Å²) in [6, 6.07) is 5.48. The average Bonchev–Trinajstić information content (AvgIpc) is 2.75. The van der Waals surface area contributed by atoms with Gasteiger partial charge >= 0.3 is 0 Å². The topological polar surface area (TPSA) is 33.2 Å². The van der Waals surface area contributed by atoms with Crippen molar-refractivity contribution in [1.82, 2.24) is 9.88 Å². The predicted octanol–water partition coefficient (Wildman–Crippen LogP) is 3.18. The number of carbonyl (C=O) groups excluding carboxylic acids is 1. The molecule has 0 unspecified atom stereocenters. The van der Waals surface area contributed by atoms with Crippen LogP contribution in [0.5, 0.6) is 0 Å². The van der Waals surface area contributed by atoms with Crippen LogP contribution in [0.25, 0.3) is 0 Å². The van der Waals surface area contributed by atoms with Crippen LogP contribution in [0.4, 0.5) is 0 Å². The molecule has 0 N–H and O–H groups in total. The van der Waals surface area contributed by atoms with E-state index >= 15 is 0 Å². The van der Waals surface area contributed by atoms with Gasteiger partial charge in [0.1, 0.15) is 0 Å². The predicted molar refractivity (Wildman–Crippen MR) is 72.1 cm³/mol. The first-order valence-corrected chi connectivity index (χ1v) is 6.72. The van der Waals surface area contributed by atoms with Crippen molar-refractivity contribution in [3.05, 3.63) is 50.9 Å². The molecule has 2 rings (SSSR count). The highest BCUT2D eigenvalue weighted by Crippen LogP contribution is 2.21. The SMILES string of the molecule is CN(Cc1csc(Br)c1)C(=O)c1ccncc1. The molecule has 0 aromatic carbocycles. The Balaban J connectivity index is 2.06. The quantitative estimate of drug-likeness (QED) is 0.872. The smallest absolute Gasteiger partial charge is 0.254 e. The molecule has 1 amide bonds. The molecular formula is C12H11BrN2OS. The van der Waals surface area contributed by atoms with E-state index < -0.39 is 0 Å². The van der Waals surface area contributed by atoms with Crippen LogP contribution >= 0.6 is 27.3 Å². The van der Waals surface area contributed by atoms with Gasteiger partial charge in [-0.1, -0.05) is 0 Å². The lowest BCUT2D eigenvalue weighted by Gasteiger charge is -2.16. The Kier molecular flexibility index (Phi) is 3.91. The molecule has 0 spiro atoms. The first-order chi connectivity index (χ1) is 8.16. The number of aromatic nitrogens is 1. The fourth-order valence-electron chi connectivity index (χ4n) is 1.49. The van der Waals surface area contributed by atoms with Gasteiger partial charge in [-0.15, -0.1) is 11.3 Å². The molecule has 2 aromatic rings. The highest BCUT2D eigenvalue weighted by Gasteiger charge is 2.12. The van der Waals surface area contributed by atoms with Gasteiger partial charge in [-0.2, -0.15) is 0 Å². The zero-order valence-electron chi connectivity index (χ0n) is 9.26. The summed E-state index contributed by atoms with van der Waals surface area (Å²) in [7, 11) is 1.80. The van der Waals surface area contributed by atoms with Crippen LogP contribution in [-0.2, 0) is 6.54 Å². The number of carbonyl (C=O) groups is 1. The van der Waals surface area contributed by atoms with Gasteiger partial charge in [-0.3, -0.25) is 9.78 Å². The number of hydrogen-bond donors (Lipinski definition) is 0. The van der Waals surface area contributed by atoms with E-state index in [0.29, 0.717) is 12.1 Å². The summed E-state index contributed by atoms with van der Waals surface area (Å²) >= 11 is 5.03. The third-order valence-corrected chi connectivity index (χ3v) is 3.87. The van der Waals surface area contributed by atoms with E-state index in [1.807, 2.05) is 11.4 Å². The van der Waals surface area contributed by atoms with Crippen molar-refractivity contribution in [2.75, 3.05) is 7.05 Å². The van der Waals surface area contributed by atoms with E-state index in [1.54, 1.807) is 47.8 Å². The van der Waals surface area contributed by atoms with Gasteiger partial charge in [0, 0.05) is 31.5 Å². The van der Waals surface area contributed by atoms with Crippen molar-refractivity contribution < 1.29 is 4.79 Å². The zero-order valence-corrected chi connectivity index (χ0v) is 11.7. The maximum Gasteiger partial charge on any atom is 0.254 e. The number of nitrogens with zero attached hydrogens (tertiary/aromatic N) is 2. The Morgan fingerprint density at radius 2 is 2.18 bits per heavy atom. The molecule has 0 aliphatic rings. The number of rotatable bonds is 3. The van der Waals surface area contributed by atoms with Crippen LogP contribution in [0.1, 0.15) is 15.9 Å². The van der Waals surface area contributed by atoms with Gasteiger partial charge in [-0.05, 0) is 45.1 Å². The fourth-order valence-corrected chi connectivity index (χ4v) is 2.69. The summed E-state index contributed by atoms with van der Waals surface area (Å²) < 4.78 is 1.08. The molecule has 0 atom stereocenters. The second-order valence-electron chi connectivity index (χ2n) is 3.66. The standard InChI is InChI=1S/C12H11BrN2OS/c1-15(7-9-6-11(13)17-8-9)12(16)10-2-4-14-5-3-10/h2-6,8H,7H2,1H3. The minimum atomic E-state index is 0.00900. The van der Waals surface area contributed by atoms with E-state index in [-0.39, 0.29) is 5.91 Å². The minimum Gasteiger partial charge on any atom is -0.337 e. The Bertz CT molecular complexity index is 512. The van der Waals surface area contributed by atoms with E-state index in [2.05, 4.69) is 20.9 Å². The maximum atomic E-state index is 12.0. The third-order valence-electron chi connectivity index (χ3n) is 2.32. The molecule has 5 heteroatoms. The lowest BCUT2D eigenvalue weighted by molar-refractivity contribution is 0.0785. The van der Waals surface area contributed by atoms with Crippen molar-refractivity contribution in [2.24, 2.45) is 0 Å². The second-order valence-corrected chi connectivity index (χ2v) is 5.95. The molecular weight excluding hydrogens is 300 g/mol. The van der Waals surface area contributed by atoms with Gasteiger partial charge in [0.05, 0.1) is 3.79 Å². The molecule has 0 saturated heterocycles. The number of thiophene rings is 1. The average molecular weight is 311 g/mol. The van der Waals surface area contributed by atoms with Crippen LogP contribution in [-0.4, -0.2) is 22.8 Å². The minimum absolute atomic E-state index is 0.00900. The van der Waals surface area contributed by atoms with Gasteiger partial charge in [0.25, 0.3) is 5.91 Å². The lowest BCUT2D eigenvalue weighted by atomic mass is 10.2. The number of halogens is 1. The fraction of sp³-hybridized carbons (Fsp3) is 0.167. The Hall–Kier alpha value is -1.20. The normalized spacial score (nSPS) is 10.2. The van der Waals surface area contributed by atoms with Gasteiger partial charge in [0.2, 0.25) is 0 Å². The van der Waals surface area contributed by atoms with Crippen molar-refractivity contribution in [1.29, 1.82) is 0 Å². The molecule has 0 aliphatic carbocycles. The molecule has 0 aliphatic heterocycles. The molecule has 2 heterocycles. The highest BCUT2D eigenvalue weighted by atomic mass is 79.9. The lowest BCUT2D eigenvalue weighted by Crippen LogP contribution is -2.25. The van der Waals surface area contributed by atoms with E-state index in [4.69, 9.17) is 0 Å². The third kappa shape index (κ3) is 3.14. The molecule has 2 aromatic heterocycles. The molecule has 88 valence electrons. The van der Waals surface area contributed by atoms with Crippen molar-refractivity contribution in [3.63, 3.8) is 0 Å². The van der Waals surface area contributed by atoms with Crippen LogP contribution < -0.4 is 0 Å². The van der Waals surface area contributed by atoms with Crippen molar-refractivity contribution in [2.45, 2.75) is 6.54 Å². The Morgan fingerprint density at radius 3 is 2.76 bits per heavy atom. The van der Waals surface area contributed by atoms with Crippen LogP contribution in [0, 0.1) is 0 Å². The zero-order chi connectivity index (χ0) is 12.3. The summed E-state index contributed by atoms with van der Waals surface area (Å²) in [6.07, 6.45) is 3.25. The first-order valence-electron chi connectivity index (χ1n) is 5.05. The van der Waals surface area contributed by atoms with Gasteiger partial charge < -0.3 is 4.90 Å². The molecule has 0 bridgehead atoms. The maximum absolute atomic E-state index is 12.0. The largest absolute Gasteiger partial charge is 0.337 e. The van der Waals surface area contributed by atoms with Gasteiger partial charge in [-0.25, -0.2) is 0 Å². The molecule has 3 nitrogen and oxygen atoms in total. The number of pyridine rings is 1. The highest BCUT2D eigenvalue weighted by molar-refractivity contribution is 9.11. The molecule has 0 saturated carbocycles. The Morgan fingerprint density at radius 1 is 1.47 bits per heavy atom. The van der Waals surface area contributed by atoms with E-state index in [0.717, 1.165) is 9.35 Å². The summed E-state index contributed by atoms with van der Waals surface area (Å²) in [6.45, 7) is 0.614. The summed E-state index contributed by atoms with van der Waals surface area (Å²) in [5, 5.41) is 2.04. The summed E-state index contributed by atoms with van der Waals surface area (Å²) in [5.41, 5.74) is 1.79. The summed E-state index contributed by atoms with van der Waals surface area (Å²) in [4.78, 5) is 17.6. The first kappa shape index (κ1) is 12.3. The molecule has 0 fully saturated rings. The second kappa shape index (κ2) is 5.42. The van der Waals surface area contributed by atoms with E-state index in [9.17, 15) is 4.79 Å². The van der Waals surface area contributed by atoms with Crippen LogP contribution in [0.2, 0.25) is 0 Å². The molecule has 0 radical (unpaired) electrons. The van der Waals surface area contributed by atoms with Crippen LogP contribution in [0.3, 0.4) is 0 Å². The van der Waals surface area contributed by atoms with Crippen LogP contribution in [0.15, 0.2) is 39.8 Å². The number of hydrogen-bond acceptors (Lipinski definition) is 3. The molecule has 17 heavy (non-hydrogen) atoms. The van der Waals surface area contributed by atoms with Crippen molar-refractivity contribution in [3.8, 4) is 0 Å². The monoisotopic (exact) mass is 310 g/mol. The van der Waals surface area contributed by atoms with Crippen molar-refractivity contribution >= 4 is 33.2 Å². The summed E-state index contributed by atoms with van der Waals surface area (Å²) in [5.74, 6) is 0.00900.